The molecule has 0 aromatic heterocycles. The highest BCUT2D eigenvalue weighted by Gasteiger charge is 2.35. The average molecular weight is 308 g/mol. The van der Waals surface area contributed by atoms with E-state index in [1.165, 1.54) is 43.6 Å². The highest BCUT2D eigenvalue weighted by Crippen LogP contribution is 2.28. The van der Waals surface area contributed by atoms with Crippen LogP contribution in [-0.4, -0.2) is 34.3 Å². The second-order valence-electron chi connectivity index (χ2n) is 7.28. The van der Waals surface area contributed by atoms with Crippen molar-refractivity contribution in [2.24, 2.45) is 0 Å². The van der Waals surface area contributed by atoms with Crippen LogP contribution in [0.25, 0.3) is 0 Å². The summed E-state index contributed by atoms with van der Waals surface area (Å²) in [6.07, 6.45) is 9.69. The number of benzene rings is 1. The van der Waals surface area contributed by atoms with Gasteiger partial charge in [-0.05, 0) is 31.4 Å². The Hall–Kier alpha value is -2.08. The Kier molecular flexibility index (Phi) is 4.52. The molecule has 3 heteroatoms. The maximum Gasteiger partial charge on any atom is 0.168 e. The largest absolute Gasteiger partial charge is 0.374 e. The van der Waals surface area contributed by atoms with Crippen molar-refractivity contribution in [3.8, 4) is 6.07 Å². The van der Waals surface area contributed by atoms with Gasteiger partial charge >= 0.3 is 0 Å². The van der Waals surface area contributed by atoms with Crippen LogP contribution in [0.1, 0.15) is 50.7 Å². The third-order valence-corrected chi connectivity index (χ3v) is 5.04. The van der Waals surface area contributed by atoms with Crippen LogP contribution in [0.4, 0.5) is 0 Å². The molecule has 2 aliphatic rings. The monoisotopic (exact) mass is 308 g/mol. The van der Waals surface area contributed by atoms with Gasteiger partial charge in [-0.25, -0.2) is 4.58 Å². The van der Waals surface area contributed by atoms with Crippen molar-refractivity contribution in [2.45, 2.75) is 51.6 Å². The van der Waals surface area contributed by atoms with Gasteiger partial charge in [0.05, 0.1) is 18.1 Å². The molecule has 1 saturated heterocycles. The zero-order valence-electron chi connectivity index (χ0n) is 14.3. The second kappa shape index (κ2) is 6.58. The summed E-state index contributed by atoms with van der Waals surface area (Å²) < 4.78 is 2.42. The second-order valence-corrected chi connectivity index (χ2v) is 7.28. The van der Waals surface area contributed by atoms with Crippen LogP contribution in [0.2, 0.25) is 0 Å². The third-order valence-electron chi connectivity index (χ3n) is 5.04. The SMILES string of the molecule is CC1(C)CC(N2CCCCC2)=CC=[N+]1Cc1ccc(C#N)cc1. The molecule has 120 valence electrons. The average Bonchev–Trinajstić information content (AvgIpc) is 2.58. The van der Waals surface area contributed by atoms with Crippen LogP contribution < -0.4 is 0 Å². The standard InChI is InChI=1S/C20H26N3/c1-20(2)14-19(22-11-4-3-5-12-22)10-13-23(20)16-18-8-6-17(15-21)7-9-18/h6-10,13H,3-5,11-12,14,16H2,1-2H3/q+1. The fourth-order valence-corrected chi connectivity index (χ4v) is 3.53. The van der Waals surface area contributed by atoms with Crippen molar-refractivity contribution in [3.63, 3.8) is 0 Å². The minimum absolute atomic E-state index is 0.120. The molecular formula is C20H26N3+. The molecule has 0 unspecified atom stereocenters. The van der Waals surface area contributed by atoms with E-state index in [9.17, 15) is 0 Å². The van der Waals surface area contributed by atoms with Gasteiger partial charge in [0.2, 0.25) is 0 Å². The van der Waals surface area contributed by atoms with Crippen molar-refractivity contribution in [1.29, 1.82) is 5.26 Å². The Bertz CT molecular complexity index is 653. The minimum Gasteiger partial charge on any atom is -0.374 e. The van der Waals surface area contributed by atoms with Crippen molar-refractivity contribution < 1.29 is 4.58 Å². The number of nitriles is 1. The molecule has 0 spiro atoms. The van der Waals surface area contributed by atoms with E-state index in [0.29, 0.717) is 0 Å². The van der Waals surface area contributed by atoms with Crippen molar-refractivity contribution in [3.05, 3.63) is 47.2 Å². The normalized spacial score (nSPS) is 20.5. The van der Waals surface area contributed by atoms with E-state index in [4.69, 9.17) is 5.26 Å². The number of hydrogen-bond donors (Lipinski definition) is 0. The highest BCUT2D eigenvalue weighted by atomic mass is 15.2. The Labute approximate surface area is 139 Å². The minimum atomic E-state index is 0.120. The van der Waals surface area contributed by atoms with Crippen LogP contribution in [-0.2, 0) is 6.54 Å². The summed E-state index contributed by atoms with van der Waals surface area (Å²) in [5.41, 5.74) is 3.59. The van der Waals surface area contributed by atoms with Crippen LogP contribution in [0.5, 0.6) is 0 Å². The molecule has 0 bridgehead atoms. The molecule has 3 rings (SSSR count). The predicted octanol–water partition coefficient (Wildman–Crippen LogP) is 3.69. The molecule has 1 fully saturated rings. The first-order valence-corrected chi connectivity index (χ1v) is 8.63. The van der Waals surface area contributed by atoms with Crippen LogP contribution in [0, 0.1) is 11.3 Å². The molecule has 0 atom stereocenters. The lowest BCUT2D eigenvalue weighted by atomic mass is 9.92. The number of rotatable bonds is 3. The summed E-state index contributed by atoms with van der Waals surface area (Å²) in [7, 11) is 0. The smallest absolute Gasteiger partial charge is 0.168 e. The molecule has 2 aliphatic heterocycles. The Morgan fingerprint density at radius 2 is 1.83 bits per heavy atom. The van der Waals surface area contributed by atoms with Crippen LogP contribution >= 0.6 is 0 Å². The lowest BCUT2D eigenvalue weighted by Gasteiger charge is -2.36. The van der Waals surface area contributed by atoms with E-state index < -0.39 is 0 Å². The summed E-state index contributed by atoms with van der Waals surface area (Å²) in [5, 5.41) is 8.91. The van der Waals surface area contributed by atoms with Gasteiger partial charge in [-0.2, -0.15) is 5.26 Å². The molecule has 2 heterocycles. The number of nitrogens with zero attached hydrogens (tertiary/aromatic N) is 3. The van der Waals surface area contributed by atoms with E-state index in [1.54, 1.807) is 0 Å². The molecule has 3 nitrogen and oxygen atoms in total. The van der Waals surface area contributed by atoms with Crippen molar-refractivity contribution in [1.82, 2.24) is 4.90 Å². The van der Waals surface area contributed by atoms with Gasteiger partial charge in [-0.1, -0.05) is 12.1 Å². The summed E-state index contributed by atoms with van der Waals surface area (Å²) in [6.45, 7) is 7.97. The molecule has 0 amide bonds. The fourth-order valence-electron chi connectivity index (χ4n) is 3.53. The zero-order chi connectivity index (χ0) is 16.3. The first kappa shape index (κ1) is 15.8. The van der Waals surface area contributed by atoms with Gasteiger partial charge in [0.1, 0.15) is 0 Å². The van der Waals surface area contributed by atoms with E-state index in [2.05, 4.69) is 53.8 Å². The highest BCUT2D eigenvalue weighted by molar-refractivity contribution is 5.68. The van der Waals surface area contributed by atoms with Gasteiger partial charge in [0.15, 0.2) is 18.3 Å². The van der Waals surface area contributed by atoms with E-state index >= 15 is 0 Å². The van der Waals surface area contributed by atoms with E-state index in [-0.39, 0.29) is 5.54 Å². The lowest BCUT2D eigenvalue weighted by Crippen LogP contribution is -2.43. The van der Waals surface area contributed by atoms with Gasteiger partial charge < -0.3 is 4.90 Å². The van der Waals surface area contributed by atoms with Gasteiger partial charge in [-0.3, -0.25) is 0 Å². The van der Waals surface area contributed by atoms with Gasteiger partial charge in [0, 0.05) is 44.3 Å². The van der Waals surface area contributed by atoms with Crippen molar-refractivity contribution >= 4 is 6.21 Å². The van der Waals surface area contributed by atoms with Crippen LogP contribution in [0.15, 0.2) is 36.0 Å². The van der Waals surface area contributed by atoms with Crippen LogP contribution in [0.3, 0.4) is 0 Å². The summed E-state index contributed by atoms with van der Waals surface area (Å²) in [6, 6.07) is 10.1. The predicted molar refractivity (Wildman–Crippen MR) is 93.4 cm³/mol. The fraction of sp³-hybridized carbons (Fsp3) is 0.500. The first-order chi connectivity index (χ1) is 11.1. The molecule has 0 N–H and O–H groups in total. The Balaban J connectivity index is 1.76. The Morgan fingerprint density at radius 1 is 1.13 bits per heavy atom. The quantitative estimate of drug-likeness (QED) is 0.797. The Morgan fingerprint density at radius 3 is 2.43 bits per heavy atom. The molecular weight excluding hydrogens is 282 g/mol. The number of allylic oxidation sites excluding steroid dienone is 1. The van der Waals surface area contributed by atoms with Gasteiger partial charge in [0.25, 0.3) is 0 Å². The topological polar surface area (TPSA) is 30.0 Å². The molecule has 1 aromatic rings. The van der Waals surface area contributed by atoms with E-state index in [1.807, 2.05) is 12.1 Å². The zero-order valence-corrected chi connectivity index (χ0v) is 14.3. The summed E-state index contributed by atoms with van der Waals surface area (Å²) >= 11 is 0. The van der Waals surface area contributed by atoms with E-state index in [0.717, 1.165) is 18.5 Å². The molecule has 0 saturated carbocycles. The molecule has 1 aromatic carbocycles. The summed E-state index contributed by atoms with van der Waals surface area (Å²) in [5.74, 6) is 0. The molecule has 0 radical (unpaired) electrons. The van der Waals surface area contributed by atoms with Gasteiger partial charge in [-0.15, -0.1) is 0 Å². The third kappa shape index (κ3) is 3.64. The molecule has 0 aliphatic carbocycles. The number of likely N-dealkylation sites (tertiary alicyclic amines) is 1. The summed E-state index contributed by atoms with van der Waals surface area (Å²) in [4.78, 5) is 2.57. The lowest BCUT2D eigenvalue weighted by molar-refractivity contribution is -0.612. The maximum absolute atomic E-state index is 8.91. The first-order valence-electron chi connectivity index (χ1n) is 8.63. The maximum atomic E-state index is 8.91. The number of hydrogen-bond acceptors (Lipinski definition) is 2. The number of piperidine rings is 1. The molecule has 23 heavy (non-hydrogen) atoms. The van der Waals surface area contributed by atoms with Crippen molar-refractivity contribution in [2.75, 3.05) is 13.1 Å².